The summed E-state index contributed by atoms with van der Waals surface area (Å²) < 4.78 is 39.6. The Labute approximate surface area is 233 Å². The number of rotatable bonds is 5. The van der Waals surface area contributed by atoms with Crippen LogP contribution in [0, 0.1) is 0 Å². The van der Waals surface area contributed by atoms with Crippen molar-refractivity contribution in [3.8, 4) is 0 Å². The summed E-state index contributed by atoms with van der Waals surface area (Å²) in [6.45, 7) is 12.1. The maximum Gasteiger partial charge on any atom is 0.416 e. The number of carbonyl (C=O) groups is 2. The molecule has 3 aromatic rings. The Balaban J connectivity index is 1.65. The maximum atomic E-state index is 13.8. The third-order valence-corrected chi connectivity index (χ3v) is 7.22. The fourth-order valence-corrected chi connectivity index (χ4v) is 4.85. The molecule has 2 N–H and O–H groups in total. The molecule has 0 aliphatic heterocycles. The van der Waals surface area contributed by atoms with Gasteiger partial charge < -0.3 is 10.6 Å². The molecule has 0 unspecified atom stereocenters. The fourth-order valence-electron chi connectivity index (χ4n) is 4.85. The minimum Gasteiger partial charge on any atom is -0.350 e. The normalized spacial score (nSPS) is 14.9. The Morgan fingerprint density at radius 3 is 1.88 bits per heavy atom. The van der Waals surface area contributed by atoms with E-state index in [1.807, 2.05) is 65.8 Å². The van der Waals surface area contributed by atoms with Gasteiger partial charge in [-0.1, -0.05) is 77.9 Å². The number of hydrogen-bond donors (Lipinski definition) is 2. The topological polar surface area (TPSA) is 71.1 Å². The molecule has 0 atom stereocenters. The molecule has 2 aromatic carbocycles. The maximum absolute atomic E-state index is 13.8. The molecule has 1 aliphatic rings. The highest BCUT2D eigenvalue weighted by Gasteiger charge is 2.45. The average molecular weight is 552 g/mol. The van der Waals surface area contributed by atoms with Crippen molar-refractivity contribution in [3.63, 3.8) is 0 Å². The van der Waals surface area contributed by atoms with Crippen LogP contribution in [0.25, 0.3) is 0 Å². The van der Waals surface area contributed by atoms with Gasteiger partial charge in [-0.3, -0.25) is 14.6 Å². The molecular weight excluding hydrogens is 515 g/mol. The van der Waals surface area contributed by atoms with E-state index in [2.05, 4.69) is 10.6 Å². The zero-order chi connectivity index (χ0) is 29.5. The highest BCUT2D eigenvalue weighted by atomic mass is 19.4. The van der Waals surface area contributed by atoms with Gasteiger partial charge in [0.2, 0.25) is 5.91 Å². The molecule has 1 heterocycles. The summed E-state index contributed by atoms with van der Waals surface area (Å²) in [5, 5.41) is 5.82. The lowest BCUT2D eigenvalue weighted by atomic mass is 9.86. The van der Waals surface area contributed by atoms with Gasteiger partial charge in [0.05, 0.1) is 5.56 Å². The molecule has 2 amide bonds. The first-order valence-corrected chi connectivity index (χ1v) is 13.3. The molecule has 1 aliphatic carbocycles. The molecule has 0 saturated carbocycles. The lowest BCUT2D eigenvalue weighted by Gasteiger charge is -2.30. The van der Waals surface area contributed by atoms with E-state index >= 15 is 0 Å². The minimum atomic E-state index is -4.48. The Morgan fingerprint density at radius 2 is 1.38 bits per heavy atom. The molecule has 0 spiro atoms. The second-order valence-corrected chi connectivity index (χ2v) is 12.7. The molecule has 4 rings (SSSR count). The van der Waals surface area contributed by atoms with Gasteiger partial charge in [-0.15, -0.1) is 0 Å². The smallest absolute Gasteiger partial charge is 0.350 e. The molecule has 212 valence electrons. The Kier molecular flexibility index (Phi) is 7.60. The highest BCUT2D eigenvalue weighted by Crippen LogP contribution is 2.33. The number of fused-ring (bicyclic) bond motifs is 1. The van der Waals surface area contributed by atoms with Crippen LogP contribution >= 0.6 is 0 Å². The molecule has 0 fully saturated rings. The number of halogens is 3. The number of benzene rings is 2. The van der Waals surface area contributed by atoms with Crippen molar-refractivity contribution in [2.24, 2.45) is 0 Å². The standard InChI is InChI=1S/C32H36F3N3O2/c1-29(2,3)25-15-23(16-26(37-25)30(4,5)6)27(39)38-31(17-21-11-7-8-12-22(21)18-31)28(40)36-19-20-10-9-13-24(14-20)32(33,34)35/h7-16H,17-19H2,1-6H3,(H,36,40)(H,38,39). The Bertz CT molecular complexity index is 1380. The third-order valence-electron chi connectivity index (χ3n) is 7.22. The predicted molar refractivity (Wildman–Crippen MR) is 149 cm³/mol. The van der Waals surface area contributed by atoms with Gasteiger partial charge in [-0.25, -0.2) is 0 Å². The van der Waals surface area contributed by atoms with E-state index in [-0.39, 0.29) is 30.2 Å². The van der Waals surface area contributed by atoms with E-state index in [0.29, 0.717) is 11.1 Å². The van der Waals surface area contributed by atoms with Crippen LogP contribution in [0.5, 0.6) is 0 Å². The second-order valence-electron chi connectivity index (χ2n) is 12.7. The molecule has 1 aromatic heterocycles. The number of pyridine rings is 1. The first-order valence-electron chi connectivity index (χ1n) is 13.3. The average Bonchev–Trinajstić information content (AvgIpc) is 3.25. The molecular formula is C32H36F3N3O2. The molecule has 40 heavy (non-hydrogen) atoms. The first-order chi connectivity index (χ1) is 18.5. The third kappa shape index (κ3) is 6.37. The van der Waals surface area contributed by atoms with Gasteiger partial charge in [0.1, 0.15) is 5.54 Å². The van der Waals surface area contributed by atoms with Crippen LogP contribution in [0.15, 0.2) is 60.7 Å². The number of carbonyl (C=O) groups excluding carboxylic acids is 2. The van der Waals surface area contributed by atoms with Gasteiger partial charge in [-0.05, 0) is 41.0 Å². The van der Waals surface area contributed by atoms with Gasteiger partial charge in [0.15, 0.2) is 0 Å². The summed E-state index contributed by atoms with van der Waals surface area (Å²) in [4.78, 5) is 32.4. The number of amides is 2. The zero-order valence-corrected chi connectivity index (χ0v) is 23.8. The van der Waals surface area contributed by atoms with Crippen LogP contribution in [0.1, 0.15) is 85.5 Å². The zero-order valence-electron chi connectivity index (χ0n) is 23.8. The predicted octanol–water partition coefficient (Wildman–Crippen LogP) is 6.28. The molecule has 0 bridgehead atoms. The second kappa shape index (κ2) is 10.4. The quantitative estimate of drug-likeness (QED) is 0.392. The number of nitrogens with one attached hydrogen (secondary N) is 2. The van der Waals surface area contributed by atoms with E-state index in [9.17, 15) is 22.8 Å². The number of alkyl halides is 3. The van der Waals surface area contributed by atoms with Crippen molar-refractivity contribution < 1.29 is 22.8 Å². The summed E-state index contributed by atoms with van der Waals surface area (Å²) in [5.41, 5.74) is 1.46. The minimum absolute atomic E-state index is 0.103. The van der Waals surface area contributed by atoms with Crippen LogP contribution in [-0.2, 0) is 41.2 Å². The van der Waals surface area contributed by atoms with Gasteiger partial charge in [-0.2, -0.15) is 13.2 Å². The van der Waals surface area contributed by atoms with Crippen molar-refractivity contribution in [2.75, 3.05) is 0 Å². The summed E-state index contributed by atoms with van der Waals surface area (Å²) in [6.07, 6.45) is -3.94. The van der Waals surface area contributed by atoms with E-state index in [4.69, 9.17) is 4.98 Å². The van der Waals surface area contributed by atoms with Crippen LogP contribution in [0.3, 0.4) is 0 Å². The van der Waals surface area contributed by atoms with Gasteiger partial charge in [0, 0.05) is 47.2 Å². The monoisotopic (exact) mass is 551 g/mol. The van der Waals surface area contributed by atoms with Crippen molar-refractivity contribution in [3.05, 3.63) is 99.9 Å². The van der Waals surface area contributed by atoms with Crippen molar-refractivity contribution in [1.82, 2.24) is 15.6 Å². The number of nitrogens with zero attached hydrogens (tertiary/aromatic N) is 1. The van der Waals surface area contributed by atoms with E-state index in [1.54, 1.807) is 12.1 Å². The number of aromatic nitrogens is 1. The van der Waals surface area contributed by atoms with Gasteiger partial charge in [0.25, 0.3) is 5.91 Å². The summed E-state index contributed by atoms with van der Waals surface area (Å²) in [7, 11) is 0. The van der Waals surface area contributed by atoms with Crippen molar-refractivity contribution in [2.45, 2.75) is 83.5 Å². The van der Waals surface area contributed by atoms with Crippen LogP contribution < -0.4 is 10.6 Å². The summed E-state index contributed by atoms with van der Waals surface area (Å²) >= 11 is 0. The molecule has 0 radical (unpaired) electrons. The van der Waals surface area contributed by atoms with Crippen molar-refractivity contribution >= 4 is 11.8 Å². The highest BCUT2D eigenvalue weighted by molar-refractivity contribution is 6.00. The number of hydrogen-bond acceptors (Lipinski definition) is 3. The molecule has 0 saturated heterocycles. The first kappa shape index (κ1) is 29.3. The Hall–Kier alpha value is -3.68. The lowest BCUT2D eigenvalue weighted by Crippen LogP contribution is -2.59. The van der Waals surface area contributed by atoms with Crippen molar-refractivity contribution in [1.29, 1.82) is 0 Å². The van der Waals surface area contributed by atoms with E-state index < -0.39 is 29.1 Å². The molecule has 8 heteroatoms. The fraction of sp³-hybridized carbons (Fsp3) is 0.406. The summed E-state index contributed by atoms with van der Waals surface area (Å²) in [5.74, 6) is -0.851. The van der Waals surface area contributed by atoms with E-state index in [0.717, 1.165) is 34.6 Å². The summed E-state index contributed by atoms with van der Waals surface area (Å²) in [6, 6.07) is 16.0. The largest absolute Gasteiger partial charge is 0.416 e. The van der Waals surface area contributed by atoms with E-state index in [1.165, 1.54) is 12.1 Å². The van der Waals surface area contributed by atoms with Crippen LogP contribution in [0.2, 0.25) is 0 Å². The Morgan fingerprint density at radius 1 is 0.825 bits per heavy atom. The van der Waals surface area contributed by atoms with Gasteiger partial charge >= 0.3 is 6.18 Å². The lowest BCUT2D eigenvalue weighted by molar-refractivity contribution is -0.137. The van der Waals surface area contributed by atoms with Crippen LogP contribution in [0.4, 0.5) is 13.2 Å². The SMILES string of the molecule is CC(C)(C)c1cc(C(=O)NC2(C(=O)NCc3cccc(C(F)(F)F)c3)Cc3ccccc3C2)cc(C(C)(C)C)n1. The molecule has 5 nitrogen and oxygen atoms in total. The van der Waals surface area contributed by atoms with Crippen LogP contribution in [-0.4, -0.2) is 22.3 Å².